The molecule has 0 saturated heterocycles. The number of unbranched alkanes of at least 4 members (excludes halogenated alkanes) is 16. The fourth-order valence-corrected chi connectivity index (χ4v) is 7.27. The van der Waals surface area contributed by atoms with Gasteiger partial charge in [0.2, 0.25) is 0 Å². The summed E-state index contributed by atoms with van der Waals surface area (Å²) in [5.41, 5.74) is 0. The summed E-state index contributed by atoms with van der Waals surface area (Å²) in [5, 5.41) is 0. The Morgan fingerprint density at radius 2 is 0.390 bits per heavy atom. The second-order valence-electron chi connectivity index (χ2n) is 17.3. The first-order chi connectivity index (χ1) is 33.9. The monoisotopic (exact) mass is 1240 g/mol. The van der Waals surface area contributed by atoms with E-state index in [2.05, 4.69) is 0 Å². The van der Waals surface area contributed by atoms with Crippen LogP contribution in [0.3, 0.4) is 0 Å². The Kier molecular flexibility index (Phi) is 24.7. The van der Waals surface area contributed by atoms with E-state index in [-0.39, 0.29) is 64.6 Å². The fraction of sp³-hybridized carbons (Fsp3) is 1.00. The summed E-state index contributed by atoms with van der Waals surface area (Å²) >= 11 is 0. The van der Waals surface area contributed by atoms with Gasteiger partial charge in [-0.15, -0.1) is 0 Å². The van der Waals surface area contributed by atoms with E-state index in [9.17, 15) is 159 Å². The molecule has 0 aromatic rings. The molecule has 1 N–H and O–H groups in total. The van der Waals surface area contributed by atoms with Gasteiger partial charge in [-0.1, -0.05) is 89.9 Å². The van der Waals surface area contributed by atoms with Gasteiger partial charge in [-0.3, -0.25) is 9.05 Å². The van der Waals surface area contributed by atoms with Crippen molar-refractivity contribution in [2.45, 2.75) is 224 Å². The topological polar surface area (TPSA) is 55.8 Å². The predicted molar refractivity (Wildman–Crippen MR) is 195 cm³/mol. The van der Waals surface area contributed by atoms with E-state index in [0.717, 1.165) is 0 Å². The molecule has 0 rings (SSSR count). The number of hydrogen-bond donors (Lipinski definition) is 1. The van der Waals surface area contributed by atoms with Crippen LogP contribution in [-0.4, -0.2) is 113 Å². The van der Waals surface area contributed by atoms with E-state index >= 15 is 0 Å². The Morgan fingerprint density at radius 1 is 0.234 bits per heavy atom. The van der Waals surface area contributed by atoms with Crippen LogP contribution in [0.2, 0.25) is 0 Å². The third kappa shape index (κ3) is 15.2. The molecule has 0 unspecified atom stereocenters. The molecule has 39 heteroatoms. The first-order valence-corrected chi connectivity index (χ1v) is 23.5. The van der Waals surface area contributed by atoms with Gasteiger partial charge in [-0.2, -0.15) is 149 Å². The highest BCUT2D eigenvalue weighted by Gasteiger charge is 2.97. The standard InChI is InChI=1S/C38H45F34O4P/c39-23(40,25(43,44)27(47,48)29(51,52)31(55,56)33(59,60)35(63,64)37(67,68)69)19-15-11-7-3-1-5-9-13-17-21-75-77(73,74)76-22-18-14-10-6-2-4-8-12-16-20-24(41,42)26(45,46)28(49,50)30(53,54)32(57,58)34(61,62)36(65,66)38(70,71)72/h1-22H2,(H,73,74). The Morgan fingerprint density at radius 3 is 0.584 bits per heavy atom. The molecule has 0 aromatic carbocycles. The van der Waals surface area contributed by atoms with Crippen molar-refractivity contribution < 1.29 is 168 Å². The van der Waals surface area contributed by atoms with Crippen molar-refractivity contribution >= 4 is 7.82 Å². The molecular formula is C38H45F34O4P. The van der Waals surface area contributed by atoms with Gasteiger partial charge in [0.15, 0.2) is 0 Å². The molecule has 464 valence electrons. The lowest BCUT2D eigenvalue weighted by Crippen LogP contribution is -2.74. The Bertz CT molecular complexity index is 1720. The van der Waals surface area contributed by atoms with Crippen molar-refractivity contribution in [3.63, 3.8) is 0 Å². The van der Waals surface area contributed by atoms with Gasteiger partial charge in [0, 0.05) is 12.8 Å². The van der Waals surface area contributed by atoms with Gasteiger partial charge in [0.05, 0.1) is 13.2 Å². The van der Waals surface area contributed by atoms with Crippen LogP contribution in [0, 0.1) is 0 Å². The second kappa shape index (κ2) is 25.5. The van der Waals surface area contributed by atoms with Crippen molar-refractivity contribution in [1.82, 2.24) is 0 Å². The van der Waals surface area contributed by atoms with Crippen molar-refractivity contribution in [1.29, 1.82) is 0 Å². The Balaban J connectivity index is 4.56. The summed E-state index contributed by atoms with van der Waals surface area (Å²) in [6.45, 7) is -0.697. The maximum atomic E-state index is 14.0. The summed E-state index contributed by atoms with van der Waals surface area (Å²) in [5.74, 6) is -113. The molecule has 0 bridgehead atoms. The third-order valence-electron chi connectivity index (χ3n) is 11.4. The van der Waals surface area contributed by atoms with Crippen LogP contribution in [-0.2, 0) is 13.6 Å². The van der Waals surface area contributed by atoms with E-state index in [1.807, 2.05) is 0 Å². The molecule has 0 fully saturated rings. The molecular weight excluding hydrogens is 1200 g/mol. The molecule has 0 amide bonds. The second-order valence-corrected chi connectivity index (χ2v) is 18.7. The van der Waals surface area contributed by atoms with Crippen LogP contribution in [0.1, 0.15) is 128 Å². The summed E-state index contributed by atoms with van der Waals surface area (Å²) in [4.78, 5) is 9.73. The number of halogens is 34. The molecule has 0 radical (unpaired) electrons. The zero-order valence-corrected chi connectivity index (χ0v) is 39.4. The van der Waals surface area contributed by atoms with Gasteiger partial charge >= 0.3 is 103 Å². The van der Waals surface area contributed by atoms with Crippen molar-refractivity contribution in [2.24, 2.45) is 0 Å². The fourth-order valence-electron chi connectivity index (χ4n) is 6.48. The van der Waals surface area contributed by atoms with Crippen molar-refractivity contribution in [3.8, 4) is 0 Å². The lowest BCUT2D eigenvalue weighted by atomic mass is 9.87. The van der Waals surface area contributed by atoms with Crippen LogP contribution in [0.15, 0.2) is 0 Å². The zero-order chi connectivity index (χ0) is 61.5. The lowest BCUT2D eigenvalue weighted by Gasteiger charge is -2.42. The van der Waals surface area contributed by atoms with E-state index in [4.69, 9.17) is 9.05 Å². The highest BCUT2D eigenvalue weighted by molar-refractivity contribution is 7.47. The lowest BCUT2D eigenvalue weighted by molar-refractivity contribution is -0.461. The number of phosphoric acid groups is 1. The molecule has 77 heavy (non-hydrogen) atoms. The summed E-state index contributed by atoms with van der Waals surface area (Å²) in [6, 6.07) is 0. The van der Waals surface area contributed by atoms with Gasteiger partial charge in [-0.05, 0) is 25.7 Å². The Hall–Kier alpha value is -2.27. The van der Waals surface area contributed by atoms with E-state index in [1.165, 1.54) is 0 Å². The zero-order valence-electron chi connectivity index (χ0n) is 38.5. The van der Waals surface area contributed by atoms with Gasteiger partial charge in [-0.25, -0.2) is 4.57 Å². The molecule has 0 saturated carbocycles. The normalized spacial score (nSPS) is 15.7. The molecule has 0 aliphatic carbocycles. The van der Waals surface area contributed by atoms with Crippen LogP contribution in [0.4, 0.5) is 149 Å². The molecule has 0 aromatic heterocycles. The van der Waals surface area contributed by atoms with Gasteiger partial charge in [0.25, 0.3) is 0 Å². The first-order valence-electron chi connectivity index (χ1n) is 22.0. The summed E-state index contributed by atoms with van der Waals surface area (Å²) < 4.78 is 477. The van der Waals surface area contributed by atoms with Gasteiger partial charge in [0.1, 0.15) is 0 Å². The van der Waals surface area contributed by atoms with Crippen LogP contribution in [0.5, 0.6) is 0 Å². The highest BCUT2D eigenvalue weighted by atomic mass is 31.2. The maximum absolute atomic E-state index is 14.0. The smallest absolute Gasteiger partial charge is 0.302 e. The maximum Gasteiger partial charge on any atom is 0.472 e. The summed E-state index contributed by atoms with van der Waals surface area (Å²) in [6.07, 6.45) is -21.7. The van der Waals surface area contributed by atoms with Gasteiger partial charge < -0.3 is 4.89 Å². The molecule has 0 spiro atoms. The molecule has 0 aliphatic heterocycles. The Labute approximate surface area is 412 Å². The molecule has 0 atom stereocenters. The first kappa shape index (κ1) is 74.7. The quantitative estimate of drug-likeness (QED) is 0.0380. The van der Waals surface area contributed by atoms with Crippen LogP contribution < -0.4 is 0 Å². The van der Waals surface area contributed by atoms with Crippen LogP contribution >= 0.6 is 7.82 Å². The average molecular weight is 1240 g/mol. The number of phosphoric ester groups is 1. The highest BCUT2D eigenvalue weighted by Crippen LogP contribution is 2.66. The summed E-state index contributed by atoms with van der Waals surface area (Å²) in [7, 11) is -4.59. The molecule has 4 nitrogen and oxygen atoms in total. The minimum atomic E-state index is -8.71. The number of hydrogen-bond acceptors (Lipinski definition) is 3. The SMILES string of the molecule is O=P(O)(OCCCCCCCCCCCC(F)(F)C(F)(F)C(F)(F)C(F)(F)C(F)(F)C(F)(F)C(F)(F)C(F)(F)F)OCCCCCCCCCCCC(F)(F)C(F)(F)C(F)(F)C(F)(F)C(F)(F)C(F)(F)C(F)(F)C(F)(F)F. The molecule has 0 aliphatic rings. The van der Waals surface area contributed by atoms with Crippen molar-refractivity contribution in [3.05, 3.63) is 0 Å². The number of rotatable bonds is 38. The average Bonchev–Trinajstić information content (AvgIpc) is 3.25. The van der Waals surface area contributed by atoms with Crippen molar-refractivity contribution in [2.75, 3.05) is 13.2 Å². The predicted octanol–water partition coefficient (Wildman–Crippen LogP) is 18.9. The minimum absolute atomic E-state index is 0.0955. The largest absolute Gasteiger partial charge is 0.472 e. The van der Waals surface area contributed by atoms with E-state index in [0.29, 0.717) is 38.5 Å². The third-order valence-corrected chi connectivity index (χ3v) is 12.4. The van der Waals surface area contributed by atoms with Crippen LogP contribution in [0.25, 0.3) is 0 Å². The number of alkyl halides is 34. The van der Waals surface area contributed by atoms with E-state index < -0.39 is 142 Å². The molecule has 0 heterocycles. The minimum Gasteiger partial charge on any atom is -0.302 e. The van der Waals surface area contributed by atoms with E-state index in [1.54, 1.807) is 0 Å².